The molecular weight excluding hydrogens is 323 g/mol. The average Bonchev–Trinajstić information content (AvgIpc) is 3.07. The molecule has 2 saturated heterocycles. The number of carbonyl (C=O) groups is 2. The van der Waals surface area contributed by atoms with Gasteiger partial charge in [-0.05, 0) is 17.5 Å². The summed E-state index contributed by atoms with van der Waals surface area (Å²) in [6.07, 6.45) is -5.08. The highest BCUT2D eigenvalue weighted by atomic mass is 32.1. The quantitative estimate of drug-likeness (QED) is 0.816. The largest absolute Gasteiger partial charge is 0.490 e. The lowest BCUT2D eigenvalue weighted by Gasteiger charge is -2.28. The van der Waals surface area contributed by atoms with Crippen molar-refractivity contribution < 1.29 is 27.9 Å². The van der Waals surface area contributed by atoms with E-state index in [1.165, 1.54) is 0 Å². The summed E-state index contributed by atoms with van der Waals surface area (Å²) in [6, 6.07) is 4.52. The molecule has 10 heteroatoms. The predicted octanol–water partition coefficient (Wildman–Crippen LogP) is 1.60. The number of nitrogens with zero attached hydrogens (tertiary/aromatic N) is 2. The number of amides is 2. The van der Waals surface area contributed by atoms with Gasteiger partial charge in [-0.1, -0.05) is 0 Å². The van der Waals surface area contributed by atoms with Gasteiger partial charge in [0.2, 0.25) is 0 Å². The third-order valence-electron chi connectivity index (χ3n) is 3.23. The number of piperazine rings is 1. The molecule has 0 radical (unpaired) electrons. The second-order valence-electron chi connectivity index (χ2n) is 4.70. The molecule has 3 heterocycles. The van der Waals surface area contributed by atoms with E-state index in [0.29, 0.717) is 6.04 Å². The highest BCUT2D eigenvalue weighted by Crippen LogP contribution is 2.28. The van der Waals surface area contributed by atoms with Gasteiger partial charge in [-0.15, -0.1) is 11.3 Å². The molecule has 2 amide bonds. The number of nitrogens with one attached hydrogen (secondary N) is 1. The van der Waals surface area contributed by atoms with E-state index in [0.717, 1.165) is 31.2 Å². The maximum Gasteiger partial charge on any atom is 0.490 e. The summed E-state index contributed by atoms with van der Waals surface area (Å²) in [5.41, 5.74) is 0. The fourth-order valence-electron chi connectivity index (χ4n) is 2.23. The minimum atomic E-state index is -5.08. The number of halogens is 3. The third kappa shape index (κ3) is 3.69. The van der Waals surface area contributed by atoms with E-state index >= 15 is 0 Å². The van der Waals surface area contributed by atoms with E-state index in [1.807, 2.05) is 27.3 Å². The number of hydrogen-bond donors (Lipinski definition) is 2. The summed E-state index contributed by atoms with van der Waals surface area (Å²) in [5.74, 6) is -2.76. The lowest BCUT2D eigenvalue weighted by atomic mass is 10.2. The Labute approximate surface area is 128 Å². The molecule has 3 rings (SSSR count). The van der Waals surface area contributed by atoms with Crippen molar-refractivity contribution >= 4 is 28.3 Å². The van der Waals surface area contributed by atoms with Crippen LogP contribution in [0.4, 0.5) is 23.0 Å². The van der Waals surface area contributed by atoms with Crippen LogP contribution in [0.2, 0.25) is 0 Å². The zero-order valence-corrected chi connectivity index (χ0v) is 12.2. The SMILES string of the molecule is O=C(O)C(F)(F)F.O=C1N(c2cccs2)CC2CNCCN12. The maximum absolute atomic E-state index is 12.1. The maximum atomic E-state index is 12.1. The first-order chi connectivity index (χ1) is 10.3. The van der Waals surface area contributed by atoms with Crippen LogP contribution in [-0.2, 0) is 4.79 Å². The first kappa shape index (κ1) is 16.6. The van der Waals surface area contributed by atoms with E-state index in [2.05, 4.69) is 5.32 Å². The van der Waals surface area contributed by atoms with E-state index in [-0.39, 0.29) is 6.03 Å². The number of alkyl halides is 3. The Balaban J connectivity index is 0.000000217. The van der Waals surface area contributed by atoms with E-state index in [1.54, 1.807) is 11.3 Å². The highest BCUT2D eigenvalue weighted by Gasteiger charge is 2.39. The number of rotatable bonds is 1. The molecular formula is C12H14F3N3O3S. The molecule has 0 saturated carbocycles. The van der Waals surface area contributed by atoms with Gasteiger partial charge >= 0.3 is 18.2 Å². The van der Waals surface area contributed by atoms with Gasteiger partial charge in [0.15, 0.2) is 0 Å². The first-order valence-corrected chi connectivity index (χ1v) is 7.31. The van der Waals surface area contributed by atoms with Gasteiger partial charge in [-0.2, -0.15) is 13.2 Å². The lowest BCUT2D eigenvalue weighted by molar-refractivity contribution is -0.192. The molecule has 0 spiro atoms. The van der Waals surface area contributed by atoms with Crippen LogP contribution in [0.15, 0.2) is 17.5 Å². The molecule has 22 heavy (non-hydrogen) atoms. The minimum absolute atomic E-state index is 0.170. The number of anilines is 1. The van der Waals surface area contributed by atoms with Gasteiger partial charge in [-0.25, -0.2) is 9.59 Å². The van der Waals surface area contributed by atoms with Crippen LogP contribution in [0.5, 0.6) is 0 Å². The average molecular weight is 337 g/mol. The fraction of sp³-hybridized carbons (Fsp3) is 0.500. The smallest absolute Gasteiger partial charge is 0.475 e. The summed E-state index contributed by atoms with van der Waals surface area (Å²) in [4.78, 5) is 24.8. The second kappa shape index (κ2) is 6.53. The molecule has 2 aliphatic heterocycles. The number of carboxylic acids is 1. The summed E-state index contributed by atoms with van der Waals surface area (Å²) >= 11 is 1.63. The first-order valence-electron chi connectivity index (χ1n) is 6.43. The molecule has 2 N–H and O–H groups in total. The normalized spacial score (nSPS) is 21.2. The topological polar surface area (TPSA) is 72.9 Å². The number of hydrogen-bond acceptors (Lipinski definition) is 4. The standard InChI is InChI=1S/C10H13N3OS.C2HF3O2/c14-10-12-4-3-11-6-8(12)7-13(10)9-2-1-5-15-9;3-2(4,5)1(6)7/h1-2,5,8,11H,3-4,6-7H2;(H,6,7). The Morgan fingerprint density at radius 3 is 2.64 bits per heavy atom. The number of aliphatic carboxylic acids is 1. The monoisotopic (exact) mass is 337 g/mol. The van der Waals surface area contributed by atoms with Gasteiger partial charge in [0, 0.05) is 19.6 Å². The van der Waals surface area contributed by atoms with Crippen LogP contribution in [0.1, 0.15) is 0 Å². The minimum Gasteiger partial charge on any atom is -0.475 e. The highest BCUT2D eigenvalue weighted by molar-refractivity contribution is 7.14. The van der Waals surface area contributed by atoms with Crippen molar-refractivity contribution in [2.45, 2.75) is 12.2 Å². The van der Waals surface area contributed by atoms with Crippen LogP contribution in [0, 0.1) is 0 Å². The Bertz CT molecular complexity index is 535. The van der Waals surface area contributed by atoms with Crippen LogP contribution in [0.25, 0.3) is 0 Å². The van der Waals surface area contributed by atoms with Gasteiger partial charge < -0.3 is 15.3 Å². The van der Waals surface area contributed by atoms with Gasteiger partial charge in [0.1, 0.15) is 0 Å². The van der Waals surface area contributed by atoms with Gasteiger partial charge in [-0.3, -0.25) is 4.90 Å². The number of carboxylic acid groups (broad SMARTS) is 1. The Hall–Kier alpha value is -1.81. The molecule has 0 bridgehead atoms. The second-order valence-corrected chi connectivity index (χ2v) is 5.62. The fourth-order valence-corrected chi connectivity index (χ4v) is 2.96. The van der Waals surface area contributed by atoms with Crippen molar-refractivity contribution in [3.05, 3.63) is 17.5 Å². The van der Waals surface area contributed by atoms with Crippen LogP contribution >= 0.6 is 11.3 Å². The van der Waals surface area contributed by atoms with Crippen molar-refractivity contribution in [2.24, 2.45) is 0 Å². The van der Waals surface area contributed by atoms with Crippen molar-refractivity contribution in [3.63, 3.8) is 0 Å². The van der Waals surface area contributed by atoms with Crippen LogP contribution < -0.4 is 10.2 Å². The summed E-state index contributed by atoms with van der Waals surface area (Å²) in [6.45, 7) is 3.51. The number of urea groups is 1. The summed E-state index contributed by atoms with van der Waals surface area (Å²) in [5, 5.41) is 13.5. The molecule has 6 nitrogen and oxygen atoms in total. The van der Waals surface area contributed by atoms with E-state index < -0.39 is 12.1 Å². The van der Waals surface area contributed by atoms with Gasteiger partial charge in [0.25, 0.3) is 0 Å². The molecule has 0 aliphatic carbocycles. The molecule has 2 aliphatic rings. The van der Waals surface area contributed by atoms with E-state index in [4.69, 9.17) is 9.90 Å². The zero-order valence-electron chi connectivity index (χ0n) is 11.3. The molecule has 2 fully saturated rings. The molecule has 0 aromatic carbocycles. The van der Waals surface area contributed by atoms with Crippen LogP contribution in [0.3, 0.4) is 0 Å². The molecule has 1 aromatic rings. The molecule has 1 unspecified atom stereocenters. The Morgan fingerprint density at radius 2 is 2.14 bits per heavy atom. The third-order valence-corrected chi connectivity index (χ3v) is 4.13. The zero-order chi connectivity index (χ0) is 16.3. The molecule has 1 aromatic heterocycles. The molecule has 122 valence electrons. The van der Waals surface area contributed by atoms with Crippen molar-refractivity contribution in [1.82, 2.24) is 10.2 Å². The van der Waals surface area contributed by atoms with Crippen molar-refractivity contribution in [1.29, 1.82) is 0 Å². The van der Waals surface area contributed by atoms with Crippen LogP contribution in [-0.4, -0.2) is 60.4 Å². The molecule has 1 atom stereocenters. The number of carbonyl (C=O) groups excluding carboxylic acids is 1. The Morgan fingerprint density at radius 1 is 1.45 bits per heavy atom. The summed E-state index contributed by atoms with van der Waals surface area (Å²) in [7, 11) is 0. The van der Waals surface area contributed by atoms with Crippen molar-refractivity contribution in [3.8, 4) is 0 Å². The Kier molecular flexibility index (Phi) is 4.91. The van der Waals surface area contributed by atoms with Crippen molar-refractivity contribution in [2.75, 3.05) is 31.1 Å². The summed E-state index contributed by atoms with van der Waals surface area (Å²) < 4.78 is 31.7. The predicted molar refractivity (Wildman–Crippen MR) is 74.1 cm³/mol. The van der Waals surface area contributed by atoms with Gasteiger partial charge in [0.05, 0.1) is 17.6 Å². The number of fused-ring (bicyclic) bond motifs is 1. The van der Waals surface area contributed by atoms with E-state index in [9.17, 15) is 18.0 Å². The lowest BCUT2D eigenvalue weighted by Crippen LogP contribution is -2.49. The number of thiophene rings is 1.